The van der Waals surface area contributed by atoms with Gasteiger partial charge in [-0.3, -0.25) is 14.5 Å². The predicted octanol–water partition coefficient (Wildman–Crippen LogP) is 3.20. The molecule has 1 aliphatic carbocycles. The van der Waals surface area contributed by atoms with Crippen LogP contribution in [0, 0.1) is 17.5 Å². The summed E-state index contributed by atoms with van der Waals surface area (Å²) in [7, 11) is 0. The number of hydrogen-bond acceptors (Lipinski definition) is 4. The van der Waals surface area contributed by atoms with Crippen molar-refractivity contribution in [3.63, 3.8) is 0 Å². The van der Waals surface area contributed by atoms with E-state index in [0.717, 1.165) is 37.1 Å². The maximum Gasteiger partial charge on any atom is 0.323 e. The lowest BCUT2D eigenvalue weighted by Crippen LogP contribution is -2.65. The molecule has 4 amide bonds. The van der Waals surface area contributed by atoms with E-state index < -0.39 is 41.5 Å². The maximum absolute atomic E-state index is 13.8. The summed E-state index contributed by atoms with van der Waals surface area (Å²) < 4.78 is 40.9. The minimum atomic E-state index is -1.34. The van der Waals surface area contributed by atoms with Gasteiger partial charge in [-0.25, -0.2) is 18.0 Å². The van der Waals surface area contributed by atoms with E-state index in [9.17, 15) is 27.6 Å². The summed E-state index contributed by atoms with van der Waals surface area (Å²) in [6, 6.07) is 7.20. The molecule has 192 valence electrons. The van der Waals surface area contributed by atoms with Gasteiger partial charge >= 0.3 is 6.03 Å². The van der Waals surface area contributed by atoms with Crippen LogP contribution >= 0.6 is 0 Å². The van der Waals surface area contributed by atoms with Gasteiger partial charge in [0, 0.05) is 36.4 Å². The van der Waals surface area contributed by atoms with E-state index in [-0.39, 0.29) is 36.4 Å². The predicted molar refractivity (Wildman–Crippen MR) is 126 cm³/mol. The monoisotopic (exact) mass is 503 g/mol. The number of urea groups is 1. The molecule has 8 nitrogen and oxygen atoms in total. The molecule has 2 aromatic rings. The molecule has 0 spiro atoms. The molecule has 0 aromatic heterocycles. The van der Waals surface area contributed by atoms with Crippen LogP contribution in [0.4, 0.5) is 23.7 Å². The van der Waals surface area contributed by atoms with Gasteiger partial charge in [-0.05, 0) is 68.5 Å². The van der Waals surface area contributed by atoms with Gasteiger partial charge < -0.3 is 21.3 Å². The van der Waals surface area contributed by atoms with Crippen molar-refractivity contribution >= 4 is 23.5 Å². The summed E-state index contributed by atoms with van der Waals surface area (Å²) in [5.74, 6) is -4.14. The van der Waals surface area contributed by atoms with Gasteiger partial charge in [0.15, 0.2) is 17.8 Å². The highest BCUT2D eigenvalue weighted by Crippen LogP contribution is 2.23. The van der Waals surface area contributed by atoms with Crippen LogP contribution in [0.15, 0.2) is 42.5 Å². The molecule has 1 heterocycles. The molecular weight excluding hydrogens is 475 g/mol. The summed E-state index contributed by atoms with van der Waals surface area (Å²) in [4.78, 5) is 42.3. The van der Waals surface area contributed by atoms with Gasteiger partial charge in [-0.1, -0.05) is 6.07 Å². The fourth-order valence-corrected chi connectivity index (χ4v) is 4.63. The minimum Gasteiger partial charge on any atom is -0.350 e. The molecule has 1 atom stereocenters. The Labute approximate surface area is 206 Å². The zero-order chi connectivity index (χ0) is 25.8. The average Bonchev–Trinajstić information content (AvgIpc) is 2.86. The van der Waals surface area contributed by atoms with E-state index in [2.05, 4.69) is 10.6 Å². The Bertz CT molecular complexity index is 1140. The zero-order valence-electron chi connectivity index (χ0n) is 19.6. The van der Waals surface area contributed by atoms with Crippen molar-refractivity contribution in [2.75, 3.05) is 18.4 Å². The topological polar surface area (TPSA) is 108 Å². The lowest BCUT2D eigenvalue weighted by molar-refractivity contribution is -0.133. The van der Waals surface area contributed by atoms with Crippen molar-refractivity contribution in [3.8, 4) is 0 Å². The second-order valence-electron chi connectivity index (χ2n) is 9.11. The Balaban J connectivity index is 1.60. The molecular formula is C25H28F3N5O3. The fraction of sp³-hybridized carbons (Fsp3) is 0.400. The standard InChI is InChI=1S/C25H28F3N5O3/c26-16-3-1-4-19(14-16)31-25(36)33-12-2-11-32(24(35)15-5-10-20(27)21(28)13-15)23(33)22(34)30-18-8-6-17(29)7-9-18/h1,3-5,10,13-14,17-18,23H,2,6-9,11-12,29H2,(H,30,34)(H,31,36). The van der Waals surface area contributed by atoms with Crippen LogP contribution in [-0.2, 0) is 4.79 Å². The first-order chi connectivity index (χ1) is 17.2. The van der Waals surface area contributed by atoms with E-state index in [1.54, 1.807) is 0 Å². The molecule has 2 aromatic carbocycles. The van der Waals surface area contributed by atoms with E-state index >= 15 is 0 Å². The highest BCUT2D eigenvalue weighted by atomic mass is 19.2. The molecule has 1 aliphatic heterocycles. The zero-order valence-corrected chi connectivity index (χ0v) is 19.6. The summed E-state index contributed by atoms with van der Waals surface area (Å²) in [6.07, 6.45) is 1.78. The van der Waals surface area contributed by atoms with Crippen molar-refractivity contribution in [2.24, 2.45) is 5.73 Å². The van der Waals surface area contributed by atoms with Gasteiger partial charge in [0.2, 0.25) is 0 Å². The van der Waals surface area contributed by atoms with E-state index in [4.69, 9.17) is 5.73 Å². The van der Waals surface area contributed by atoms with Gasteiger partial charge in [-0.2, -0.15) is 0 Å². The SMILES string of the molecule is NC1CCC(NC(=O)C2N(C(=O)Nc3cccc(F)c3)CCCN2C(=O)c2ccc(F)c(F)c2)CC1. The summed E-state index contributed by atoms with van der Waals surface area (Å²) in [5, 5.41) is 5.49. The van der Waals surface area contributed by atoms with Crippen LogP contribution in [0.1, 0.15) is 42.5 Å². The number of nitrogens with one attached hydrogen (secondary N) is 2. The summed E-state index contributed by atoms with van der Waals surface area (Å²) in [5.41, 5.74) is 5.99. The Morgan fingerprint density at radius 3 is 2.31 bits per heavy atom. The van der Waals surface area contributed by atoms with Crippen LogP contribution < -0.4 is 16.4 Å². The number of benzene rings is 2. The quantitative estimate of drug-likeness (QED) is 0.596. The van der Waals surface area contributed by atoms with Crippen molar-refractivity contribution in [1.82, 2.24) is 15.1 Å². The largest absolute Gasteiger partial charge is 0.350 e. The smallest absolute Gasteiger partial charge is 0.323 e. The summed E-state index contributed by atoms with van der Waals surface area (Å²) in [6.45, 7) is 0.269. The third-order valence-electron chi connectivity index (χ3n) is 6.51. The number of halogens is 3. The number of nitrogens with zero attached hydrogens (tertiary/aromatic N) is 2. The molecule has 4 N–H and O–H groups in total. The Hall–Kier alpha value is -3.60. The lowest BCUT2D eigenvalue weighted by atomic mass is 9.91. The molecule has 1 saturated heterocycles. The van der Waals surface area contributed by atoms with E-state index in [1.165, 1.54) is 28.0 Å². The number of anilines is 1. The molecule has 1 saturated carbocycles. The molecule has 4 rings (SSSR count). The highest BCUT2D eigenvalue weighted by Gasteiger charge is 2.41. The van der Waals surface area contributed by atoms with Crippen LogP contribution in [0.2, 0.25) is 0 Å². The highest BCUT2D eigenvalue weighted by molar-refractivity contribution is 6.00. The number of rotatable bonds is 4. The lowest BCUT2D eigenvalue weighted by Gasteiger charge is -2.43. The number of hydrogen-bond donors (Lipinski definition) is 3. The number of carbonyl (C=O) groups is 3. The average molecular weight is 504 g/mol. The normalized spacial score (nSPS) is 22.2. The van der Waals surface area contributed by atoms with E-state index in [0.29, 0.717) is 19.3 Å². The first-order valence-corrected chi connectivity index (χ1v) is 11.9. The third kappa shape index (κ3) is 5.78. The van der Waals surface area contributed by atoms with Crippen molar-refractivity contribution in [1.29, 1.82) is 0 Å². The number of amides is 4. The van der Waals surface area contributed by atoms with Crippen LogP contribution in [0.3, 0.4) is 0 Å². The van der Waals surface area contributed by atoms with Crippen molar-refractivity contribution in [2.45, 2.75) is 50.4 Å². The summed E-state index contributed by atoms with van der Waals surface area (Å²) >= 11 is 0. The van der Waals surface area contributed by atoms with Crippen molar-refractivity contribution in [3.05, 3.63) is 65.5 Å². The van der Waals surface area contributed by atoms with Gasteiger partial charge in [-0.15, -0.1) is 0 Å². The molecule has 0 bridgehead atoms. The Morgan fingerprint density at radius 1 is 0.889 bits per heavy atom. The van der Waals surface area contributed by atoms with Gasteiger partial charge in [0.05, 0.1) is 0 Å². The second-order valence-corrected chi connectivity index (χ2v) is 9.11. The molecule has 11 heteroatoms. The molecule has 2 aliphatic rings. The maximum atomic E-state index is 13.8. The molecule has 1 unspecified atom stereocenters. The minimum absolute atomic E-state index is 0.0628. The van der Waals surface area contributed by atoms with Gasteiger partial charge in [0.25, 0.3) is 11.8 Å². The first-order valence-electron chi connectivity index (χ1n) is 11.9. The van der Waals surface area contributed by atoms with Crippen molar-refractivity contribution < 1.29 is 27.6 Å². The Morgan fingerprint density at radius 2 is 1.61 bits per heavy atom. The number of carbonyl (C=O) groups excluding carboxylic acids is 3. The van der Waals surface area contributed by atoms with E-state index in [1.807, 2.05) is 0 Å². The molecule has 2 fully saturated rings. The number of nitrogens with two attached hydrogens (primary N) is 1. The Kier molecular flexibility index (Phi) is 7.78. The van der Waals surface area contributed by atoms with Crippen LogP contribution in [0.25, 0.3) is 0 Å². The second kappa shape index (κ2) is 11.0. The first kappa shape index (κ1) is 25.5. The molecule has 0 radical (unpaired) electrons. The van der Waals surface area contributed by atoms with Crippen LogP contribution in [0.5, 0.6) is 0 Å². The van der Waals surface area contributed by atoms with Crippen LogP contribution in [-0.4, -0.2) is 59.0 Å². The van der Waals surface area contributed by atoms with Gasteiger partial charge in [0.1, 0.15) is 5.82 Å². The third-order valence-corrected chi connectivity index (χ3v) is 6.51. The molecule has 36 heavy (non-hydrogen) atoms. The fourth-order valence-electron chi connectivity index (χ4n) is 4.63.